The Bertz CT molecular complexity index is 847. The van der Waals surface area contributed by atoms with Gasteiger partial charge >= 0.3 is 6.09 Å². The normalized spacial score (nSPS) is 21.4. The van der Waals surface area contributed by atoms with Crippen LogP contribution in [0.25, 0.3) is 6.08 Å². The molecule has 0 atom stereocenters. The number of nitroso groups, excluding NO2 is 1. The van der Waals surface area contributed by atoms with E-state index in [-0.39, 0.29) is 29.2 Å². The second-order valence-electron chi connectivity index (χ2n) is 6.43. The zero-order chi connectivity index (χ0) is 20.1. The summed E-state index contributed by atoms with van der Waals surface area (Å²) in [4.78, 5) is 39.1. The third-order valence-corrected chi connectivity index (χ3v) is 5.90. The van der Waals surface area contributed by atoms with Gasteiger partial charge in [0, 0.05) is 37.9 Å². The highest BCUT2D eigenvalue weighted by molar-refractivity contribution is 7.93. The van der Waals surface area contributed by atoms with Crippen molar-refractivity contribution in [2.75, 3.05) is 20.1 Å². The fourth-order valence-corrected chi connectivity index (χ4v) is 4.12. The first-order chi connectivity index (χ1) is 13.5. The lowest BCUT2D eigenvalue weighted by molar-refractivity contribution is -0.313. The number of nitrogens with one attached hydrogen (secondary N) is 1. The van der Waals surface area contributed by atoms with Crippen LogP contribution < -0.4 is 5.32 Å². The van der Waals surface area contributed by atoms with E-state index in [2.05, 4.69) is 5.32 Å². The summed E-state index contributed by atoms with van der Waals surface area (Å²) in [5.74, 6) is -0.171. The Balaban J connectivity index is 1.64. The number of nitrogens with zero attached hydrogens (tertiary/aromatic N) is 2. The predicted octanol–water partition coefficient (Wildman–Crippen LogP) is 3.69. The first-order valence-electron chi connectivity index (χ1n) is 8.95. The van der Waals surface area contributed by atoms with Gasteiger partial charge in [0.25, 0.3) is 17.6 Å². The van der Waals surface area contributed by atoms with Crippen LogP contribution in [-0.4, -0.2) is 47.3 Å². The Morgan fingerprint density at radius 3 is 2.71 bits per heavy atom. The summed E-state index contributed by atoms with van der Waals surface area (Å²) < 4.78 is 5.94. The molecule has 2 aliphatic heterocycles. The maximum absolute atomic E-state index is 12.7. The molecular weight excluding hydrogens is 402 g/mol. The number of halogens is 1. The molecule has 1 aromatic rings. The second kappa shape index (κ2) is 9.25. The molecule has 2 amide bonds. The van der Waals surface area contributed by atoms with Crippen LogP contribution in [0.1, 0.15) is 24.8 Å². The number of fused-ring (bicyclic) bond motifs is 1. The lowest BCUT2D eigenvalue weighted by Gasteiger charge is -2.31. The number of carbonyl (C=O) groups is 2. The minimum Gasteiger partial charge on any atom is -0.446 e. The fourth-order valence-electron chi connectivity index (χ4n) is 3.03. The molecule has 0 saturated carbocycles. The Morgan fingerprint density at radius 2 is 2.00 bits per heavy atom. The van der Waals surface area contributed by atoms with Crippen LogP contribution in [0.2, 0.25) is 0 Å². The molecular formula is C19H21ClN3O4S+. The molecule has 2 heterocycles. The summed E-state index contributed by atoms with van der Waals surface area (Å²) in [6.07, 6.45) is 3.86. The number of amides is 2. The van der Waals surface area contributed by atoms with E-state index in [4.69, 9.17) is 16.3 Å². The van der Waals surface area contributed by atoms with Crippen molar-refractivity contribution < 1.29 is 18.5 Å². The van der Waals surface area contributed by atoms with Crippen LogP contribution in [0.5, 0.6) is 0 Å². The Kier molecular flexibility index (Phi) is 6.74. The fraction of sp³-hybridized carbons (Fsp3) is 0.368. The van der Waals surface area contributed by atoms with E-state index in [0.29, 0.717) is 30.1 Å². The number of allylic oxidation sites excluding steroid dienone is 2. The van der Waals surface area contributed by atoms with Gasteiger partial charge in [-0.2, -0.15) is 0 Å². The van der Waals surface area contributed by atoms with Crippen molar-refractivity contribution >= 4 is 41.6 Å². The first kappa shape index (κ1) is 20.4. The predicted molar refractivity (Wildman–Crippen MR) is 108 cm³/mol. The van der Waals surface area contributed by atoms with Crippen LogP contribution in [0.4, 0.5) is 4.79 Å². The van der Waals surface area contributed by atoms with Crippen molar-refractivity contribution in [3.8, 4) is 0 Å². The van der Waals surface area contributed by atoms with Crippen molar-refractivity contribution in [1.29, 1.82) is 0 Å². The molecule has 0 unspecified atom stereocenters. The highest BCUT2D eigenvalue weighted by Crippen LogP contribution is 2.33. The molecule has 3 rings (SSSR count). The average Bonchev–Trinajstić information content (AvgIpc) is 2.70. The number of alkyl carbamates (subject to hydrolysis) is 1. The van der Waals surface area contributed by atoms with Gasteiger partial charge in [-0.3, -0.25) is 4.79 Å². The Labute approximate surface area is 172 Å². The van der Waals surface area contributed by atoms with Crippen molar-refractivity contribution in [3.63, 3.8) is 0 Å². The van der Waals surface area contributed by atoms with Gasteiger partial charge in [-0.25, -0.2) is 4.79 Å². The van der Waals surface area contributed by atoms with Gasteiger partial charge in [0.05, 0.1) is 4.90 Å². The third kappa shape index (κ3) is 4.94. The molecule has 0 bridgehead atoms. The molecule has 0 spiro atoms. The molecule has 1 N–H and O–H groups in total. The summed E-state index contributed by atoms with van der Waals surface area (Å²) >= 11 is 7.31. The van der Waals surface area contributed by atoms with E-state index in [1.807, 2.05) is 30.3 Å². The Morgan fingerprint density at radius 1 is 1.29 bits per heavy atom. The van der Waals surface area contributed by atoms with Crippen molar-refractivity contribution in [2.45, 2.75) is 30.3 Å². The molecule has 9 heteroatoms. The summed E-state index contributed by atoms with van der Waals surface area (Å²) in [6, 6.07) is 7.50. The lowest BCUT2D eigenvalue weighted by Crippen LogP contribution is -2.42. The number of benzene rings is 1. The quantitative estimate of drug-likeness (QED) is 0.593. The van der Waals surface area contributed by atoms with Gasteiger partial charge in [-0.15, -0.1) is 0 Å². The van der Waals surface area contributed by atoms with Gasteiger partial charge < -0.3 is 15.0 Å². The van der Waals surface area contributed by atoms with Crippen molar-refractivity contribution in [1.82, 2.24) is 10.2 Å². The summed E-state index contributed by atoms with van der Waals surface area (Å²) in [6.45, 7) is 0.937. The maximum Gasteiger partial charge on any atom is 0.407 e. The molecule has 28 heavy (non-hydrogen) atoms. The summed E-state index contributed by atoms with van der Waals surface area (Å²) in [5, 5.41) is 2.67. The van der Waals surface area contributed by atoms with E-state index in [1.54, 1.807) is 11.0 Å². The lowest BCUT2D eigenvalue weighted by atomic mass is 10.1. The molecule has 1 saturated heterocycles. The number of carbonyl (C=O) groups excluding carboxylic acids is 2. The van der Waals surface area contributed by atoms with Gasteiger partial charge in [0.15, 0.2) is 0 Å². The summed E-state index contributed by atoms with van der Waals surface area (Å²) in [7, 11) is 1.51. The zero-order valence-corrected chi connectivity index (χ0v) is 17.0. The SMILES string of the molecule is CNC(=O)OC1CCN(C(=O)C/C2=C(Cl)/C=C\c3ccccc3S[N+]2=O)CC1. The topological polar surface area (TPSA) is 78.7 Å². The second-order valence-corrected chi connectivity index (χ2v) is 7.79. The number of piperidine rings is 1. The molecule has 148 valence electrons. The molecule has 0 aromatic heterocycles. The van der Waals surface area contributed by atoms with Crippen LogP contribution >= 0.6 is 23.5 Å². The van der Waals surface area contributed by atoms with E-state index >= 15 is 0 Å². The van der Waals surface area contributed by atoms with E-state index in [0.717, 1.165) is 22.4 Å². The monoisotopic (exact) mass is 422 g/mol. The van der Waals surface area contributed by atoms with E-state index in [1.165, 1.54) is 7.05 Å². The molecule has 2 aliphatic rings. The minimum absolute atomic E-state index is 0.0805. The Hall–Kier alpha value is -2.32. The van der Waals surface area contributed by atoms with Crippen LogP contribution in [0.15, 0.2) is 46.0 Å². The van der Waals surface area contributed by atoms with Crippen LogP contribution in [-0.2, 0) is 9.53 Å². The molecule has 1 aromatic carbocycles. The van der Waals surface area contributed by atoms with E-state index < -0.39 is 6.09 Å². The highest BCUT2D eigenvalue weighted by Gasteiger charge is 2.33. The van der Waals surface area contributed by atoms with Crippen molar-refractivity contribution in [3.05, 3.63) is 51.5 Å². The minimum atomic E-state index is -0.470. The van der Waals surface area contributed by atoms with E-state index in [9.17, 15) is 14.5 Å². The smallest absolute Gasteiger partial charge is 0.407 e. The number of rotatable bonds is 3. The largest absolute Gasteiger partial charge is 0.446 e. The number of hydrogen-bond acceptors (Lipinski definition) is 5. The standard InChI is InChI=1S/C19H20ClN3O4S/c1-21-19(25)27-14-8-10-22(11-9-14)18(24)12-16-15(20)7-6-13-4-2-3-5-17(13)28-23(16)26/h2-7,14H,8-12H2,1H3/p+1/b7-6-,16-15+. The van der Waals surface area contributed by atoms with Gasteiger partial charge in [0.1, 0.15) is 21.7 Å². The molecule has 7 nitrogen and oxygen atoms in total. The van der Waals surface area contributed by atoms with Gasteiger partial charge in [-0.05, 0) is 17.7 Å². The zero-order valence-electron chi connectivity index (χ0n) is 15.4. The van der Waals surface area contributed by atoms with Crippen LogP contribution in [0, 0.1) is 4.91 Å². The summed E-state index contributed by atoms with van der Waals surface area (Å²) in [5.41, 5.74) is 1.13. The first-order valence-corrected chi connectivity index (χ1v) is 10.1. The van der Waals surface area contributed by atoms with Gasteiger partial charge in [0.2, 0.25) is 5.91 Å². The number of ether oxygens (including phenoxy) is 1. The van der Waals surface area contributed by atoms with Gasteiger partial charge in [-0.1, -0.05) is 35.9 Å². The molecule has 0 aliphatic carbocycles. The number of likely N-dealkylation sites (tertiary alicyclic amines) is 1. The highest BCUT2D eigenvalue weighted by atomic mass is 35.5. The average molecular weight is 423 g/mol. The number of hydrogen-bond donors (Lipinski definition) is 1. The maximum atomic E-state index is 12.7. The third-order valence-electron chi connectivity index (χ3n) is 4.60. The van der Waals surface area contributed by atoms with Crippen LogP contribution in [0.3, 0.4) is 0 Å². The van der Waals surface area contributed by atoms with Crippen molar-refractivity contribution in [2.24, 2.45) is 0 Å². The molecule has 1 fully saturated rings. The molecule has 0 radical (unpaired) electrons.